The first-order valence-corrected chi connectivity index (χ1v) is 14.9. The topological polar surface area (TPSA) is 139 Å². The van der Waals surface area contributed by atoms with Crippen molar-refractivity contribution in [1.82, 2.24) is 5.32 Å². The summed E-state index contributed by atoms with van der Waals surface area (Å²) in [5, 5.41) is 12.3. The van der Waals surface area contributed by atoms with Crippen LogP contribution in [0.2, 0.25) is 0 Å². The molecule has 0 radical (unpaired) electrons. The van der Waals surface area contributed by atoms with Crippen molar-refractivity contribution in [1.29, 1.82) is 0 Å². The van der Waals surface area contributed by atoms with Crippen molar-refractivity contribution in [2.24, 2.45) is 29.6 Å². The molecule has 1 amide bonds. The lowest BCUT2D eigenvalue weighted by molar-refractivity contribution is -0.576. The fourth-order valence-corrected chi connectivity index (χ4v) is 7.84. The fraction of sp³-hybridized carbons (Fsp3) is 0.897. The van der Waals surface area contributed by atoms with Gasteiger partial charge in [-0.2, -0.15) is 0 Å². The van der Waals surface area contributed by atoms with Gasteiger partial charge in [0.15, 0.2) is 11.9 Å². The Labute approximate surface area is 235 Å². The third-order valence-electron chi connectivity index (χ3n) is 9.95. The number of amides is 1. The average Bonchev–Trinajstić information content (AvgIpc) is 3.10. The standard InChI is InChI=1S/C29H45NO10/c1-16-6-7-20-17(2)25(37-26-29(20)19(16)10-12-28(5,38-26)39-40-29)36-24(34)9-8-22(31)30-21(14-23(32)33)18-11-13-35-27(3,4)15-18/h16-21,25-26H,6-15H2,1-5H3,(H,30,31)(H,32,33)/t16-,17-,18-,19+,20+,21-,25-,26-,28+,29-/m1/s1. The molecular formula is C29H45NO10. The van der Waals surface area contributed by atoms with Gasteiger partial charge in [-0.1, -0.05) is 13.8 Å². The number of esters is 1. The Hall–Kier alpha value is -1.79. The molecule has 11 heteroatoms. The Morgan fingerprint density at radius 3 is 2.52 bits per heavy atom. The number of carboxylic acids is 1. The molecule has 2 N–H and O–H groups in total. The van der Waals surface area contributed by atoms with Crippen molar-refractivity contribution in [2.45, 2.75) is 128 Å². The van der Waals surface area contributed by atoms with Crippen LogP contribution in [0.15, 0.2) is 0 Å². The number of carboxylic acid groups (broad SMARTS) is 1. The molecule has 11 nitrogen and oxygen atoms in total. The van der Waals surface area contributed by atoms with E-state index in [1.54, 1.807) is 0 Å². The van der Waals surface area contributed by atoms with E-state index in [9.17, 15) is 19.5 Å². The number of aliphatic carboxylic acids is 1. The molecule has 1 spiro atoms. The summed E-state index contributed by atoms with van der Waals surface area (Å²) in [6.07, 6.45) is 2.85. The maximum Gasteiger partial charge on any atom is 0.308 e. The molecule has 2 bridgehead atoms. The second kappa shape index (κ2) is 11.1. The number of rotatable bonds is 8. The van der Waals surface area contributed by atoms with Crippen LogP contribution in [0.5, 0.6) is 0 Å². The number of carbonyl (C=O) groups excluding carboxylic acids is 2. The highest BCUT2D eigenvalue weighted by Gasteiger charge is 2.69. The number of hydrogen-bond donors (Lipinski definition) is 2. The van der Waals surface area contributed by atoms with Crippen molar-refractivity contribution in [3.8, 4) is 0 Å². The Kier molecular flexibility index (Phi) is 8.26. The molecule has 10 atom stereocenters. The summed E-state index contributed by atoms with van der Waals surface area (Å²) in [6.45, 7) is 10.5. The molecule has 40 heavy (non-hydrogen) atoms. The van der Waals surface area contributed by atoms with Gasteiger partial charge in [0.2, 0.25) is 18.0 Å². The van der Waals surface area contributed by atoms with Crippen LogP contribution in [0.1, 0.15) is 92.4 Å². The van der Waals surface area contributed by atoms with Crippen LogP contribution >= 0.6 is 0 Å². The Morgan fingerprint density at radius 2 is 1.80 bits per heavy atom. The van der Waals surface area contributed by atoms with Gasteiger partial charge in [-0.25, -0.2) is 9.78 Å². The Balaban J connectivity index is 1.19. The van der Waals surface area contributed by atoms with Gasteiger partial charge in [-0.3, -0.25) is 14.4 Å². The number of hydrogen-bond acceptors (Lipinski definition) is 9. The minimum Gasteiger partial charge on any atom is -0.481 e. The maximum absolute atomic E-state index is 12.9. The molecule has 5 saturated heterocycles. The van der Waals surface area contributed by atoms with E-state index in [0.29, 0.717) is 31.8 Å². The van der Waals surface area contributed by atoms with Crippen molar-refractivity contribution >= 4 is 17.8 Å². The van der Waals surface area contributed by atoms with Crippen LogP contribution < -0.4 is 5.32 Å². The van der Waals surface area contributed by atoms with E-state index < -0.39 is 41.9 Å². The van der Waals surface area contributed by atoms with Crippen LogP contribution in [-0.4, -0.2) is 65.2 Å². The minimum atomic E-state index is -0.979. The second-order valence-electron chi connectivity index (χ2n) is 13.4. The van der Waals surface area contributed by atoms with E-state index in [1.165, 1.54) is 0 Å². The van der Waals surface area contributed by atoms with E-state index >= 15 is 0 Å². The molecule has 0 unspecified atom stereocenters. The first-order valence-electron chi connectivity index (χ1n) is 14.9. The van der Waals surface area contributed by atoms with Gasteiger partial charge in [0, 0.05) is 37.3 Å². The molecule has 0 aromatic heterocycles. The predicted octanol–water partition coefficient (Wildman–Crippen LogP) is 3.68. The SMILES string of the molecule is C[C@H]1[C@H](OC(=O)CCC(=O)N[C@H](CC(=O)O)[C@@H]2CCOC(C)(C)C2)O[C@@H]2O[C@]3(C)CC[C@H]4[C@H](C)CC[C@@H]1[C@@]24OO3. The largest absolute Gasteiger partial charge is 0.481 e. The Bertz CT molecular complexity index is 988. The van der Waals surface area contributed by atoms with Crippen molar-refractivity contribution < 1.29 is 48.2 Å². The lowest BCUT2D eigenvalue weighted by atomic mass is 9.58. The van der Waals surface area contributed by atoms with Gasteiger partial charge in [0.05, 0.1) is 18.4 Å². The normalized spacial score (nSPS) is 42.7. The summed E-state index contributed by atoms with van der Waals surface area (Å²) in [5.74, 6) is -2.34. The summed E-state index contributed by atoms with van der Waals surface area (Å²) in [5.41, 5.74) is -1.12. The number of ether oxygens (including phenoxy) is 4. The maximum atomic E-state index is 12.9. The summed E-state index contributed by atoms with van der Waals surface area (Å²) >= 11 is 0. The van der Waals surface area contributed by atoms with Crippen molar-refractivity contribution in [3.05, 3.63) is 0 Å². The lowest BCUT2D eigenvalue weighted by Crippen LogP contribution is -2.70. The molecule has 6 fully saturated rings. The quantitative estimate of drug-likeness (QED) is 0.330. The highest BCUT2D eigenvalue weighted by atomic mass is 17.3. The van der Waals surface area contributed by atoms with Gasteiger partial charge in [-0.05, 0) is 70.6 Å². The molecule has 0 aromatic rings. The van der Waals surface area contributed by atoms with E-state index in [1.807, 2.05) is 27.7 Å². The summed E-state index contributed by atoms with van der Waals surface area (Å²) < 4.78 is 24.1. The zero-order valence-corrected chi connectivity index (χ0v) is 24.3. The number of fused-ring (bicyclic) bond motifs is 2. The number of nitrogens with one attached hydrogen (secondary N) is 1. The average molecular weight is 568 g/mol. The summed E-state index contributed by atoms with van der Waals surface area (Å²) in [4.78, 5) is 49.1. The molecule has 1 aliphatic carbocycles. The number of carbonyl (C=O) groups is 3. The van der Waals surface area contributed by atoms with Crippen molar-refractivity contribution in [3.63, 3.8) is 0 Å². The van der Waals surface area contributed by atoms with E-state index in [4.69, 9.17) is 28.7 Å². The third kappa shape index (κ3) is 5.77. The lowest BCUT2D eigenvalue weighted by Gasteiger charge is -2.59. The zero-order valence-electron chi connectivity index (χ0n) is 24.3. The van der Waals surface area contributed by atoms with Crippen LogP contribution in [0, 0.1) is 29.6 Å². The van der Waals surface area contributed by atoms with Gasteiger partial charge >= 0.3 is 11.9 Å². The van der Waals surface area contributed by atoms with E-state index in [-0.39, 0.29) is 54.4 Å². The first kappa shape index (κ1) is 29.7. The smallest absolute Gasteiger partial charge is 0.308 e. The molecule has 0 aromatic carbocycles. The minimum absolute atomic E-state index is 0.0236. The molecule has 1 saturated carbocycles. The third-order valence-corrected chi connectivity index (χ3v) is 9.95. The van der Waals surface area contributed by atoms with Crippen LogP contribution in [0.25, 0.3) is 0 Å². The Morgan fingerprint density at radius 1 is 1.02 bits per heavy atom. The predicted molar refractivity (Wildman–Crippen MR) is 139 cm³/mol. The highest BCUT2D eigenvalue weighted by Crippen LogP contribution is 2.60. The van der Waals surface area contributed by atoms with Crippen LogP contribution in [-0.2, 0) is 43.1 Å². The molecule has 5 aliphatic heterocycles. The van der Waals surface area contributed by atoms with Crippen molar-refractivity contribution in [2.75, 3.05) is 6.61 Å². The zero-order chi connectivity index (χ0) is 28.9. The van der Waals surface area contributed by atoms with E-state index in [0.717, 1.165) is 19.3 Å². The molecule has 5 heterocycles. The van der Waals surface area contributed by atoms with Gasteiger partial charge in [0.1, 0.15) is 0 Å². The molecule has 226 valence electrons. The molecule has 6 rings (SSSR count). The second-order valence-corrected chi connectivity index (χ2v) is 13.4. The molecular weight excluding hydrogens is 522 g/mol. The van der Waals surface area contributed by atoms with Crippen LogP contribution in [0.4, 0.5) is 0 Å². The fourth-order valence-electron chi connectivity index (χ4n) is 7.84. The monoisotopic (exact) mass is 567 g/mol. The molecule has 6 aliphatic rings. The van der Waals surface area contributed by atoms with E-state index in [2.05, 4.69) is 12.2 Å². The van der Waals surface area contributed by atoms with Gasteiger partial charge in [0.25, 0.3) is 0 Å². The summed E-state index contributed by atoms with van der Waals surface area (Å²) in [6, 6.07) is -0.532. The van der Waals surface area contributed by atoms with Crippen LogP contribution in [0.3, 0.4) is 0 Å². The van der Waals surface area contributed by atoms with Gasteiger partial charge in [-0.15, -0.1) is 0 Å². The summed E-state index contributed by atoms with van der Waals surface area (Å²) in [7, 11) is 0. The van der Waals surface area contributed by atoms with Gasteiger partial charge < -0.3 is 29.4 Å². The first-order chi connectivity index (χ1) is 18.8. The highest BCUT2D eigenvalue weighted by molar-refractivity contribution is 5.82.